The van der Waals surface area contributed by atoms with E-state index < -0.39 is 58.9 Å². The van der Waals surface area contributed by atoms with E-state index >= 15 is 0 Å². The maximum atomic E-state index is 14.1. The second-order valence-electron chi connectivity index (χ2n) is 7.91. The van der Waals surface area contributed by atoms with Crippen LogP contribution in [0.4, 0.5) is 4.39 Å². The molecular formula is C20H17FN2O5. The SMILES string of the molecule is O=C1NC(=O)C2C1CC=C1C2CC2C(=O)NC(=O)C2C1c1cccc(F)c1O. The largest absolute Gasteiger partial charge is 0.505 e. The quantitative estimate of drug-likeness (QED) is 0.488. The molecule has 144 valence electrons. The molecule has 0 spiro atoms. The van der Waals surface area contributed by atoms with E-state index in [1.54, 1.807) is 0 Å². The van der Waals surface area contributed by atoms with Gasteiger partial charge >= 0.3 is 0 Å². The predicted octanol–water partition coefficient (Wildman–Crippen LogP) is 0.742. The normalized spacial score (nSPS) is 36.2. The van der Waals surface area contributed by atoms with Gasteiger partial charge in [-0.2, -0.15) is 0 Å². The fraction of sp³-hybridized carbons (Fsp3) is 0.400. The number of fused-ring (bicyclic) bond motifs is 4. The molecular weight excluding hydrogens is 367 g/mol. The van der Waals surface area contributed by atoms with Gasteiger partial charge in [-0.25, -0.2) is 4.39 Å². The summed E-state index contributed by atoms with van der Waals surface area (Å²) in [6, 6.07) is 4.09. The van der Waals surface area contributed by atoms with Crippen LogP contribution in [0.2, 0.25) is 0 Å². The number of phenolic OH excluding ortho intramolecular Hbond substituents is 1. The van der Waals surface area contributed by atoms with Crippen LogP contribution in [0.25, 0.3) is 0 Å². The first kappa shape index (κ1) is 17.1. The first-order chi connectivity index (χ1) is 13.4. The summed E-state index contributed by atoms with van der Waals surface area (Å²) in [5.41, 5.74) is 0.942. The Morgan fingerprint density at radius 3 is 2.32 bits per heavy atom. The maximum absolute atomic E-state index is 14.1. The summed E-state index contributed by atoms with van der Waals surface area (Å²) in [5, 5.41) is 15.0. The van der Waals surface area contributed by atoms with Crippen molar-refractivity contribution >= 4 is 23.6 Å². The number of para-hydroxylation sites is 1. The van der Waals surface area contributed by atoms with Gasteiger partial charge in [-0.1, -0.05) is 23.8 Å². The van der Waals surface area contributed by atoms with Gasteiger partial charge in [-0.15, -0.1) is 0 Å². The molecule has 3 N–H and O–H groups in total. The third kappa shape index (κ3) is 2.14. The van der Waals surface area contributed by atoms with Gasteiger partial charge in [0.2, 0.25) is 23.6 Å². The first-order valence-electron chi connectivity index (χ1n) is 9.25. The van der Waals surface area contributed by atoms with E-state index in [-0.39, 0.29) is 23.8 Å². The number of phenols is 1. The number of carbonyl (C=O) groups is 4. The van der Waals surface area contributed by atoms with Crippen LogP contribution in [0.3, 0.4) is 0 Å². The minimum atomic E-state index is -0.816. The molecule has 4 aliphatic rings. The van der Waals surface area contributed by atoms with Crippen molar-refractivity contribution in [2.45, 2.75) is 18.8 Å². The van der Waals surface area contributed by atoms with Crippen LogP contribution in [-0.4, -0.2) is 28.7 Å². The average molecular weight is 384 g/mol. The summed E-state index contributed by atoms with van der Waals surface area (Å²) in [4.78, 5) is 49.5. The van der Waals surface area contributed by atoms with E-state index in [2.05, 4.69) is 10.6 Å². The molecule has 0 radical (unpaired) electrons. The third-order valence-corrected chi connectivity index (χ3v) is 6.69. The van der Waals surface area contributed by atoms with Crippen molar-refractivity contribution in [1.29, 1.82) is 0 Å². The van der Waals surface area contributed by atoms with Crippen molar-refractivity contribution in [3.63, 3.8) is 0 Å². The van der Waals surface area contributed by atoms with E-state index in [1.807, 2.05) is 6.08 Å². The number of rotatable bonds is 1. The van der Waals surface area contributed by atoms with Crippen molar-refractivity contribution < 1.29 is 28.7 Å². The number of hydrogen-bond acceptors (Lipinski definition) is 5. The predicted molar refractivity (Wildman–Crippen MR) is 91.9 cm³/mol. The van der Waals surface area contributed by atoms with Crippen LogP contribution >= 0.6 is 0 Å². The highest BCUT2D eigenvalue weighted by Gasteiger charge is 2.59. The van der Waals surface area contributed by atoms with Crippen LogP contribution in [0, 0.1) is 35.4 Å². The Bertz CT molecular complexity index is 987. The Morgan fingerprint density at radius 2 is 1.57 bits per heavy atom. The Labute approximate surface area is 159 Å². The lowest BCUT2D eigenvalue weighted by Gasteiger charge is -2.44. The van der Waals surface area contributed by atoms with E-state index in [9.17, 15) is 28.7 Å². The summed E-state index contributed by atoms with van der Waals surface area (Å²) < 4.78 is 14.1. The van der Waals surface area contributed by atoms with Crippen LogP contribution in [0.5, 0.6) is 5.75 Å². The fourth-order valence-electron chi connectivity index (χ4n) is 5.54. The third-order valence-electron chi connectivity index (χ3n) is 6.69. The Morgan fingerprint density at radius 1 is 0.893 bits per heavy atom. The maximum Gasteiger partial charge on any atom is 0.231 e. The van der Waals surface area contributed by atoms with Gasteiger partial charge in [-0.05, 0) is 24.8 Å². The molecule has 2 heterocycles. The van der Waals surface area contributed by atoms with E-state index in [0.29, 0.717) is 6.42 Å². The lowest BCUT2D eigenvalue weighted by molar-refractivity contribution is -0.128. The molecule has 8 heteroatoms. The summed E-state index contributed by atoms with van der Waals surface area (Å²) >= 11 is 0. The number of benzene rings is 1. The lowest BCUT2D eigenvalue weighted by atomic mass is 9.57. The van der Waals surface area contributed by atoms with Gasteiger partial charge in [0.25, 0.3) is 0 Å². The monoisotopic (exact) mass is 384 g/mol. The number of amides is 4. The van der Waals surface area contributed by atoms with Crippen LogP contribution in [0.1, 0.15) is 24.3 Å². The van der Waals surface area contributed by atoms with Crippen LogP contribution in [0.15, 0.2) is 29.8 Å². The molecule has 3 fully saturated rings. The van der Waals surface area contributed by atoms with Gasteiger partial charge in [-0.3, -0.25) is 29.8 Å². The number of hydrogen-bond donors (Lipinski definition) is 3. The van der Waals surface area contributed by atoms with E-state index in [0.717, 1.165) is 11.6 Å². The summed E-state index contributed by atoms with van der Waals surface area (Å²) in [6.07, 6.45) is 2.42. The number of allylic oxidation sites excluding steroid dienone is 2. The molecule has 0 bridgehead atoms. The Balaban J connectivity index is 1.69. The second-order valence-corrected chi connectivity index (χ2v) is 7.91. The number of nitrogens with one attached hydrogen (secondary N) is 2. The lowest BCUT2D eigenvalue weighted by Crippen LogP contribution is -2.42. The summed E-state index contributed by atoms with van der Waals surface area (Å²) in [7, 11) is 0. The smallest absolute Gasteiger partial charge is 0.231 e. The zero-order valence-electron chi connectivity index (χ0n) is 14.6. The van der Waals surface area contributed by atoms with Crippen molar-refractivity contribution in [3.05, 3.63) is 41.2 Å². The number of imide groups is 2. The molecule has 2 aliphatic heterocycles. The van der Waals surface area contributed by atoms with Gasteiger partial charge in [0.15, 0.2) is 11.6 Å². The molecule has 7 nitrogen and oxygen atoms in total. The second kappa shape index (κ2) is 5.73. The van der Waals surface area contributed by atoms with E-state index in [4.69, 9.17) is 0 Å². The summed E-state index contributed by atoms with van der Waals surface area (Å²) in [5.74, 6) is -6.71. The molecule has 2 saturated heterocycles. The molecule has 1 aromatic carbocycles. The van der Waals surface area contributed by atoms with Crippen molar-refractivity contribution in [2.24, 2.45) is 29.6 Å². The van der Waals surface area contributed by atoms with Gasteiger partial charge < -0.3 is 5.11 Å². The van der Waals surface area contributed by atoms with Gasteiger partial charge in [0.05, 0.1) is 23.7 Å². The highest BCUT2D eigenvalue weighted by Crippen LogP contribution is 2.57. The molecule has 1 saturated carbocycles. The van der Waals surface area contributed by atoms with Crippen molar-refractivity contribution in [1.82, 2.24) is 10.6 Å². The van der Waals surface area contributed by atoms with Crippen molar-refractivity contribution in [3.8, 4) is 5.75 Å². The molecule has 6 unspecified atom stereocenters. The zero-order chi connectivity index (χ0) is 19.7. The molecule has 1 aromatic rings. The standard InChI is InChI=1S/C20H17FN2O5/c21-12-3-1-2-8(16(12)24)13-7-4-5-9-14(19(27)22-17(9)25)10(7)6-11-15(13)20(28)23-18(11)26/h1-4,9-11,13-15,24H,5-6H2,(H,22,25,27)(H,23,26,28). The molecule has 0 aromatic heterocycles. The zero-order valence-corrected chi connectivity index (χ0v) is 14.6. The topological polar surface area (TPSA) is 113 Å². The van der Waals surface area contributed by atoms with Gasteiger partial charge in [0.1, 0.15) is 0 Å². The first-order valence-corrected chi connectivity index (χ1v) is 9.25. The average Bonchev–Trinajstić information content (AvgIpc) is 3.11. The molecule has 2 aliphatic carbocycles. The highest BCUT2D eigenvalue weighted by molar-refractivity contribution is 6.07. The minimum Gasteiger partial charge on any atom is -0.505 e. The molecule has 4 amide bonds. The fourth-order valence-corrected chi connectivity index (χ4v) is 5.54. The molecule has 5 rings (SSSR count). The number of aromatic hydroxyl groups is 1. The summed E-state index contributed by atoms with van der Waals surface area (Å²) in [6.45, 7) is 0. The van der Waals surface area contributed by atoms with E-state index in [1.165, 1.54) is 12.1 Å². The minimum absolute atomic E-state index is 0.221. The Kier molecular flexibility index (Phi) is 3.50. The van der Waals surface area contributed by atoms with Gasteiger partial charge in [0, 0.05) is 11.5 Å². The number of carbonyl (C=O) groups excluding carboxylic acids is 4. The van der Waals surface area contributed by atoms with Crippen molar-refractivity contribution in [2.75, 3.05) is 0 Å². The van der Waals surface area contributed by atoms with Crippen LogP contribution < -0.4 is 10.6 Å². The number of halogens is 1. The molecule has 28 heavy (non-hydrogen) atoms. The molecule has 6 atom stereocenters. The van der Waals surface area contributed by atoms with Crippen LogP contribution in [-0.2, 0) is 19.2 Å². The Hall–Kier alpha value is -3.03. The highest BCUT2D eigenvalue weighted by atomic mass is 19.1.